The standard InChI is InChI=1S/C24H46BrN3O5SSi/c1-8-24(32-14-15-33-24)13-11-9-10-12-20(27-34(29,30)23(2,3)4)22-26-21(25)18-28(22)19-31-16-17-35(5,6)7/h18,20,27H,8-17,19H2,1-7H3/t20-/m0/s1. The first-order chi connectivity index (χ1) is 16.2. The van der Waals surface area contributed by atoms with E-state index in [4.69, 9.17) is 14.2 Å². The molecule has 0 unspecified atom stereocenters. The van der Waals surface area contributed by atoms with Gasteiger partial charge in [0.15, 0.2) is 5.79 Å². The second-order valence-electron chi connectivity index (χ2n) is 11.6. The fraction of sp³-hybridized carbons (Fsp3) is 0.875. The number of halogens is 1. The highest BCUT2D eigenvalue weighted by Crippen LogP contribution is 2.30. The van der Waals surface area contributed by atoms with Crippen LogP contribution >= 0.6 is 15.9 Å². The SMILES string of the molecule is CCC1(CCCCC[C@H](NS(=O)(=O)C(C)(C)C)c2nc(Br)cn2COCC[Si](C)(C)C)OCCO1. The van der Waals surface area contributed by atoms with Crippen molar-refractivity contribution in [1.82, 2.24) is 14.3 Å². The number of hydrogen-bond donors (Lipinski definition) is 1. The molecular weight excluding hydrogens is 550 g/mol. The summed E-state index contributed by atoms with van der Waals surface area (Å²) >= 11 is 3.47. The summed E-state index contributed by atoms with van der Waals surface area (Å²) in [6.45, 7) is 16.5. The molecule has 0 spiro atoms. The summed E-state index contributed by atoms with van der Waals surface area (Å²) in [6, 6.07) is 0.635. The van der Waals surface area contributed by atoms with Gasteiger partial charge in [-0.15, -0.1) is 0 Å². The van der Waals surface area contributed by atoms with E-state index in [0.29, 0.717) is 43.4 Å². The van der Waals surface area contributed by atoms with Crippen LogP contribution in [0, 0.1) is 0 Å². The third-order valence-corrected chi connectivity index (χ3v) is 10.6. The van der Waals surface area contributed by atoms with Gasteiger partial charge in [-0.25, -0.2) is 18.1 Å². The Balaban J connectivity index is 2.07. The second-order valence-corrected chi connectivity index (χ2v) is 20.5. The fourth-order valence-corrected chi connectivity index (χ4v) is 6.00. The molecule has 1 atom stereocenters. The van der Waals surface area contributed by atoms with E-state index in [9.17, 15) is 8.42 Å². The molecule has 0 bridgehead atoms. The molecule has 8 nitrogen and oxygen atoms in total. The van der Waals surface area contributed by atoms with Crippen molar-refractivity contribution >= 4 is 34.0 Å². The zero-order chi connectivity index (χ0) is 26.3. The van der Waals surface area contributed by atoms with Gasteiger partial charge in [0.1, 0.15) is 17.2 Å². The van der Waals surface area contributed by atoms with Crippen molar-refractivity contribution in [2.24, 2.45) is 0 Å². The second kappa shape index (κ2) is 13.0. The molecule has 204 valence electrons. The predicted molar refractivity (Wildman–Crippen MR) is 147 cm³/mol. The fourth-order valence-electron chi connectivity index (χ4n) is 3.87. The van der Waals surface area contributed by atoms with E-state index in [-0.39, 0.29) is 0 Å². The minimum absolute atomic E-state index is 0.347. The lowest BCUT2D eigenvalue weighted by Gasteiger charge is -2.27. The molecule has 1 aliphatic rings. The van der Waals surface area contributed by atoms with Crippen molar-refractivity contribution in [1.29, 1.82) is 0 Å². The van der Waals surface area contributed by atoms with E-state index >= 15 is 0 Å². The quantitative estimate of drug-likeness (QED) is 0.203. The molecule has 1 saturated heterocycles. The average Bonchev–Trinajstić information content (AvgIpc) is 3.35. The van der Waals surface area contributed by atoms with Crippen LogP contribution in [-0.2, 0) is 31.0 Å². The Morgan fingerprint density at radius 3 is 2.46 bits per heavy atom. The monoisotopic (exact) mass is 595 g/mol. The summed E-state index contributed by atoms with van der Waals surface area (Å²) in [6.07, 6.45) is 6.98. The number of ether oxygens (including phenoxy) is 3. The first-order valence-corrected chi connectivity index (χ1v) is 18.8. The van der Waals surface area contributed by atoms with Crippen molar-refractivity contribution in [2.45, 2.75) is 115 Å². The Kier molecular flexibility index (Phi) is 11.5. The molecule has 0 amide bonds. The zero-order valence-corrected chi connectivity index (χ0v) is 26.1. The van der Waals surface area contributed by atoms with E-state index in [1.807, 2.05) is 10.8 Å². The number of hydrogen-bond acceptors (Lipinski definition) is 6. The maximum atomic E-state index is 13.0. The minimum Gasteiger partial charge on any atom is -0.361 e. The number of nitrogens with one attached hydrogen (secondary N) is 1. The van der Waals surface area contributed by atoms with Crippen LogP contribution in [0.5, 0.6) is 0 Å². The van der Waals surface area contributed by atoms with Crippen molar-refractivity contribution in [3.05, 3.63) is 16.6 Å². The van der Waals surface area contributed by atoms with Crippen LogP contribution in [0.25, 0.3) is 0 Å². The molecule has 1 aromatic heterocycles. The van der Waals surface area contributed by atoms with E-state index in [1.54, 1.807) is 20.8 Å². The molecule has 0 aromatic carbocycles. The van der Waals surface area contributed by atoms with Crippen molar-refractivity contribution in [2.75, 3.05) is 19.8 Å². The Labute approximate surface area is 222 Å². The maximum absolute atomic E-state index is 13.0. The Hall–Kier alpha value is -0.303. The van der Waals surface area contributed by atoms with E-state index < -0.39 is 34.7 Å². The van der Waals surface area contributed by atoms with E-state index in [2.05, 4.69) is 52.2 Å². The summed E-state index contributed by atoms with van der Waals surface area (Å²) < 4.78 is 48.3. The molecule has 1 aliphatic heterocycles. The van der Waals surface area contributed by atoms with Gasteiger partial charge in [0.25, 0.3) is 0 Å². The van der Waals surface area contributed by atoms with Crippen LogP contribution in [0.3, 0.4) is 0 Å². The summed E-state index contributed by atoms with van der Waals surface area (Å²) in [4.78, 5) is 4.63. The van der Waals surface area contributed by atoms with Gasteiger partial charge in [0.05, 0.1) is 24.0 Å². The zero-order valence-electron chi connectivity index (χ0n) is 22.7. The highest BCUT2D eigenvalue weighted by molar-refractivity contribution is 9.10. The van der Waals surface area contributed by atoms with Crippen LogP contribution in [0.1, 0.15) is 78.1 Å². The van der Waals surface area contributed by atoms with Crippen LogP contribution in [0.4, 0.5) is 0 Å². The van der Waals surface area contributed by atoms with Crippen LogP contribution in [0.15, 0.2) is 10.8 Å². The Morgan fingerprint density at radius 2 is 1.89 bits per heavy atom. The topological polar surface area (TPSA) is 91.7 Å². The first kappa shape index (κ1) is 30.9. The molecule has 0 aliphatic carbocycles. The van der Waals surface area contributed by atoms with Crippen LogP contribution in [-0.4, -0.2) is 56.4 Å². The molecule has 1 N–H and O–H groups in total. The third-order valence-electron chi connectivity index (χ3n) is 6.32. The van der Waals surface area contributed by atoms with Crippen LogP contribution < -0.4 is 4.72 Å². The van der Waals surface area contributed by atoms with Gasteiger partial charge in [0, 0.05) is 27.3 Å². The normalized spacial score (nSPS) is 17.7. The molecule has 2 rings (SSSR count). The van der Waals surface area contributed by atoms with Gasteiger partial charge in [0.2, 0.25) is 10.0 Å². The lowest BCUT2D eigenvalue weighted by Crippen LogP contribution is -2.42. The molecular formula is C24H46BrN3O5SSi. The number of imidazole rings is 1. The van der Waals surface area contributed by atoms with Gasteiger partial charge in [-0.05, 0) is 62.0 Å². The Bertz CT molecular complexity index is 890. The molecule has 35 heavy (non-hydrogen) atoms. The number of aromatic nitrogens is 2. The van der Waals surface area contributed by atoms with E-state index in [0.717, 1.165) is 38.1 Å². The average molecular weight is 597 g/mol. The number of rotatable bonds is 15. The van der Waals surface area contributed by atoms with Gasteiger partial charge < -0.3 is 18.8 Å². The minimum atomic E-state index is -3.56. The molecule has 0 radical (unpaired) electrons. The summed E-state index contributed by atoms with van der Waals surface area (Å²) in [5, 5.41) is 0. The van der Waals surface area contributed by atoms with Crippen LogP contribution in [0.2, 0.25) is 25.7 Å². The molecule has 0 saturated carbocycles. The summed E-state index contributed by atoms with van der Waals surface area (Å²) in [5.74, 6) is 0.229. The lowest BCUT2D eigenvalue weighted by molar-refractivity contribution is -0.164. The number of sulfonamides is 1. The predicted octanol–water partition coefficient (Wildman–Crippen LogP) is 5.82. The van der Waals surface area contributed by atoms with Gasteiger partial charge in [-0.2, -0.15) is 0 Å². The van der Waals surface area contributed by atoms with Crippen molar-refractivity contribution < 1.29 is 22.6 Å². The first-order valence-electron chi connectivity index (χ1n) is 12.8. The van der Waals surface area contributed by atoms with E-state index in [1.165, 1.54) is 0 Å². The van der Waals surface area contributed by atoms with Crippen molar-refractivity contribution in [3.63, 3.8) is 0 Å². The number of unbranched alkanes of at least 4 members (excludes halogenated alkanes) is 2. The van der Waals surface area contributed by atoms with Crippen molar-refractivity contribution in [3.8, 4) is 0 Å². The van der Waals surface area contributed by atoms with Gasteiger partial charge in [-0.1, -0.05) is 39.4 Å². The largest absolute Gasteiger partial charge is 0.361 e. The number of nitrogens with zero attached hydrogens (tertiary/aromatic N) is 2. The summed E-state index contributed by atoms with van der Waals surface area (Å²) in [7, 11) is -4.75. The van der Waals surface area contributed by atoms with Gasteiger partial charge >= 0.3 is 0 Å². The highest BCUT2D eigenvalue weighted by atomic mass is 79.9. The highest BCUT2D eigenvalue weighted by Gasteiger charge is 2.35. The third kappa shape index (κ3) is 9.83. The molecule has 1 aromatic rings. The summed E-state index contributed by atoms with van der Waals surface area (Å²) in [5.41, 5.74) is 0. The maximum Gasteiger partial charge on any atom is 0.217 e. The molecule has 1 fully saturated rings. The molecule has 11 heteroatoms. The molecule has 2 heterocycles. The lowest BCUT2D eigenvalue weighted by atomic mass is 10.0. The van der Waals surface area contributed by atoms with Gasteiger partial charge in [-0.3, -0.25) is 0 Å². The Morgan fingerprint density at radius 1 is 1.23 bits per heavy atom. The smallest absolute Gasteiger partial charge is 0.217 e.